The summed E-state index contributed by atoms with van der Waals surface area (Å²) in [5.74, 6) is 1.13. The Balaban J connectivity index is 0.00000243. The normalized spacial score (nSPS) is 13.9. The monoisotopic (exact) mass is 501 g/mol. The van der Waals surface area contributed by atoms with Gasteiger partial charge in [0.15, 0.2) is 5.96 Å². The van der Waals surface area contributed by atoms with Crippen molar-refractivity contribution in [3.05, 3.63) is 57.6 Å². The van der Waals surface area contributed by atoms with E-state index in [0.29, 0.717) is 18.4 Å². The summed E-state index contributed by atoms with van der Waals surface area (Å²) in [6.45, 7) is 3.43. The molecule has 0 saturated carbocycles. The summed E-state index contributed by atoms with van der Waals surface area (Å²) < 4.78 is 1.20. The summed E-state index contributed by atoms with van der Waals surface area (Å²) in [5.41, 5.74) is 0. The van der Waals surface area contributed by atoms with Crippen LogP contribution in [0.1, 0.15) is 28.7 Å². The van der Waals surface area contributed by atoms with E-state index < -0.39 is 6.10 Å². The van der Waals surface area contributed by atoms with E-state index >= 15 is 0 Å². The van der Waals surface area contributed by atoms with Crippen molar-refractivity contribution in [1.82, 2.24) is 10.6 Å². The zero-order valence-electron chi connectivity index (χ0n) is 14.8. The molecule has 2 atom stereocenters. The maximum atomic E-state index is 10.5. The molecule has 0 aliphatic heterocycles. The molecule has 2 aromatic heterocycles. The minimum Gasteiger partial charge on any atom is -0.386 e. The van der Waals surface area contributed by atoms with Crippen LogP contribution in [0.25, 0.3) is 10.1 Å². The molecule has 4 nitrogen and oxygen atoms in total. The van der Waals surface area contributed by atoms with Crippen LogP contribution >= 0.6 is 46.7 Å². The molecule has 0 bridgehead atoms. The van der Waals surface area contributed by atoms with Crippen molar-refractivity contribution in [3.8, 4) is 0 Å². The summed E-state index contributed by atoms with van der Waals surface area (Å²) in [6.07, 6.45) is -0.550. The number of thiophene rings is 2. The van der Waals surface area contributed by atoms with Crippen molar-refractivity contribution >= 4 is 62.7 Å². The third-order valence-electron chi connectivity index (χ3n) is 4.06. The van der Waals surface area contributed by atoms with Gasteiger partial charge in [-0.1, -0.05) is 31.2 Å². The lowest BCUT2D eigenvalue weighted by Gasteiger charge is -2.17. The predicted molar refractivity (Wildman–Crippen MR) is 124 cm³/mol. The topological polar surface area (TPSA) is 56.7 Å². The molecular weight excluding hydrogens is 477 g/mol. The van der Waals surface area contributed by atoms with Crippen molar-refractivity contribution in [2.75, 3.05) is 20.1 Å². The first kappa shape index (κ1) is 21.1. The SMILES string of the molecule is CN=C(NCC(C)c1cccs1)NCC(O)c1cc2ccccc2s1.I. The fraction of sp³-hybridized carbons (Fsp3) is 0.316. The molecule has 0 spiro atoms. The van der Waals surface area contributed by atoms with Gasteiger partial charge in [0.1, 0.15) is 6.10 Å². The number of aliphatic hydroxyl groups is 1. The molecule has 7 heteroatoms. The van der Waals surface area contributed by atoms with Crippen LogP contribution in [0.15, 0.2) is 52.8 Å². The van der Waals surface area contributed by atoms with Crippen LogP contribution in [-0.4, -0.2) is 31.2 Å². The van der Waals surface area contributed by atoms with Crippen LogP contribution < -0.4 is 10.6 Å². The Morgan fingerprint density at radius 3 is 2.58 bits per heavy atom. The Morgan fingerprint density at radius 1 is 1.12 bits per heavy atom. The smallest absolute Gasteiger partial charge is 0.191 e. The second-order valence-electron chi connectivity index (χ2n) is 5.95. The maximum Gasteiger partial charge on any atom is 0.191 e. The van der Waals surface area contributed by atoms with E-state index in [4.69, 9.17) is 0 Å². The zero-order chi connectivity index (χ0) is 17.6. The van der Waals surface area contributed by atoms with Crippen molar-refractivity contribution in [2.45, 2.75) is 18.9 Å². The number of aliphatic hydroxyl groups excluding tert-OH is 1. The number of nitrogens with zero attached hydrogens (tertiary/aromatic N) is 1. The molecule has 3 N–H and O–H groups in total. The van der Waals surface area contributed by atoms with E-state index in [2.05, 4.69) is 58.3 Å². The van der Waals surface area contributed by atoms with Crippen molar-refractivity contribution in [3.63, 3.8) is 0 Å². The van der Waals surface area contributed by atoms with E-state index in [0.717, 1.165) is 11.4 Å². The highest BCUT2D eigenvalue weighted by Crippen LogP contribution is 2.29. The molecule has 1 aromatic carbocycles. The quantitative estimate of drug-likeness (QED) is 0.263. The number of aliphatic imine (C=N–C) groups is 1. The highest BCUT2D eigenvalue weighted by atomic mass is 127. The maximum absolute atomic E-state index is 10.5. The van der Waals surface area contributed by atoms with E-state index in [-0.39, 0.29) is 24.0 Å². The summed E-state index contributed by atoms with van der Waals surface area (Å²) >= 11 is 3.40. The van der Waals surface area contributed by atoms with Crippen LogP contribution in [0.4, 0.5) is 0 Å². The van der Waals surface area contributed by atoms with Crippen molar-refractivity contribution in [1.29, 1.82) is 0 Å². The molecule has 3 rings (SSSR count). The van der Waals surface area contributed by atoms with Crippen LogP contribution in [0.5, 0.6) is 0 Å². The Labute approximate surface area is 179 Å². The number of halogens is 1. The third-order valence-corrected chi connectivity index (χ3v) is 6.39. The van der Waals surface area contributed by atoms with Gasteiger partial charge >= 0.3 is 0 Å². The van der Waals surface area contributed by atoms with E-state index in [1.807, 2.05) is 12.1 Å². The molecular formula is C19H24IN3OS2. The highest BCUT2D eigenvalue weighted by molar-refractivity contribution is 14.0. The summed E-state index contributed by atoms with van der Waals surface area (Å²) in [7, 11) is 1.75. The first-order chi connectivity index (χ1) is 12.2. The van der Waals surface area contributed by atoms with Crippen LogP contribution in [0.3, 0.4) is 0 Å². The van der Waals surface area contributed by atoms with Crippen LogP contribution in [0.2, 0.25) is 0 Å². The van der Waals surface area contributed by atoms with Gasteiger partial charge in [-0.05, 0) is 29.0 Å². The predicted octanol–water partition coefficient (Wildman–Crippen LogP) is 4.58. The van der Waals surface area contributed by atoms with E-state index in [9.17, 15) is 5.11 Å². The van der Waals surface area contributed by atoms with Gasteiger partial charge in [0.05, 0.1) is 0 Å². The second-order valence-corrected chi connectivity index (χ2v) is 8.05. The minimum absolute atomic E-state index is 0. The Bertz CT molecular complexity index is 799. The third kappa shape index (κ3) is 5.42. The van der Waals surface area contributed by atoms with E-state index in [1.165, 1.54) is 15.0 Å². The van der Waals surface area contributed by atoms with E-state index in [1.54, 1.807) is 29.7 Å². The largest absolute Gasteiger partial charge is 0.386 e. The van der Waals surface area contributed by atoms with Gasteiger partial charge in [-0.3, -0.25) is 4.99 Å². The lowest BCUT2D eigenvalue weighted by Crippen LogP contribution is -2.40. The number of benzene rings is 1. The fourth-order valence-electron chi connectivity index (χ4n) is 2.60. The average molecular weight is 501 g/mol. The average Bonchev–Trinajstić information content (AvgIpc) is 3.30. The molecule has 140 valence electrons. The molecule has 2 unspecified atom stereocenters. The molecule has 0 fully saturated rings. The minimum atomic E-state index is -0.550. The molecule has 0 aliphatic rings. The number of nitrogens with one attached hydrogen (secondary N) is 2. The summed E-state index contributed by atoms with van der Waals surface area (Å²) in [4.78, 5) is 6.56. The molecule has 0 radical (unpaired) electrons. The Kier molecular flexibility index (Phi) is 8.33. The van der Waals surface area contributed by atoms with Gasteiger partial charge in [0, 0.05) is 40.5 Å². The summed E-state index contributed by atoms with van der Waals surface area (Å²) in [5, 5.41) is 20.3. The Morgan fingerprint density at radius 2 is 1.88 bits per heavy atom. The molecule has 2 heterocycles. The van der Waals surface area contributed by atoms with Gasteiger partial charge in [-0.25, -0.2) is 0 Å². The van der Waals surface area contributed by atoms with Gasteiger partial charge < -0.3 is 15.7 Å². The molecule has 26 heavy (non-hydrogen) atoms. The Hall–Kier alpha value is -1.16. The first-order valence-electron chi connectivity index (χ1n) is 8.32. The highest BCUT2D eigenvalue weighted by Gasteiger charge is 2.13. The second kappa shape index (κ2) is 10.2. The number of fused-ring (bicyclic) bond motifs is 1. The van der Waals surface area contributed by atoms with Gasteiger partial charge in [-0.15, -0.1) is 46.7 Å². The van der Waals surface area contributed by atoms with Gasteiger partial charge in [0.2, 0.25) is 0 Å². The number of rotatable bonds is 6. The molecule has 0 saturated heterocycles. The number of hydrogen-bond donors (Lipinski definition) is 3. The van der Waals surface area contributed by atoms with Gasteiger partial charge in [0.25, 0.3) is 0 Å². The zero-order valence-corrected chi connectivity index (χ0v) is 18.8. The van der Waals surface area contributed by atoms with Crippen molar-refractivity contribution < 1.29 is 5.11 Å². The van der Waals surface area contributed by atoms with Crippen LogP contribution in [0, 0.1) is 0 Å². The molecule has 0 aliphatic carbocycles. The lowest BCUT2D eigenvalue weighted by atomic mass is 10.1. The fourth-order valence-corrected chi connectivity index (χ4v) is 4.44. The molecule has 0 amide bonds. The summed E-state index contributed by atoms with van der Waals surface area (Å²) in [6, 6.07) is 14.5. The first-order valence-corrected chi connectivity index (χ1v) is 10.0. The standard InChI is InChI=1S/C19H23N3OS2.HI/c1-13(16-8-5-9-24-16)11-21-19(20-2)22-12-15(23)18-10-14-6-3-4-7-17(14)25-18;/h3-10,13,15,23H,11-12H2,1-2H3,(H2,20,21,22);1H. The van der Waals surface area contributed by atoms with Crippen LogP contribution in [-0.2, 0) is 0 Å². The van der Waals surface area contributed by atoms with Gasteiger partial charge in [-0.2, -0.15) is 0 Å². The lowest BCUT2D eigenvalue weighted by molar-refractivity contribution is 0.184. The van der Waals surface area contributed by atoms with Crippen molar-refractivity contribution in [2.24, 2.45) is 4.99 Å². The number of hydrogen-bond acceptors (Lipinski definition) is 4. The molecule has 3 aromatic rings. The number of guanidine groups is 1.